The number of hydrogen-bond acceptors (Lipinski definition) is 6. The first-order valence-corrected chi connectivity index (χ1v) is 5.88. The second-order valence-corrected chi connectivity index (χ2v) is 4.21. The Balaban J connectivity index is 4.00. The van der Waals surface area contributed by atoms with E-state index in [0.717, 1.165) is 5.57 Å². The first kappa shape index (κ1) is 17.2. The molecule has 0 aliphatic carbocycles. The molecule has 0 aromatic rings. The Morgan fingerprint density at radius 1 is 1.11 bits per heavy atom. The average Bonchev–Trinajstić information content (AvgIpc) is 2.33. The minimum Gasteiger partial charge on any atom is -0.469 e. The highest BCUT2D eigenvalue weighted by Crippen LogP contribution is 2.05. The summed E-state index contributed by atoms with van der Waals surface area (Å²) in [6.07, 6.45) is 1.45. The molecule has 0 aromatic carbocycles. The molecule has 0 saturated carbocycles. The molecular formula is C13H20O6. The normalized spacial score (nSPS) is 12.5. The van der Waals surface area contributed by atoms with Crippen molar-refractivity contribution in [1.29, 1.82) is 0 Å². The molecule has 0 aliphatic rings. The van der Waals surface area contributed by atoms with Crippen molar-refractivity contribution < 1.29 is 28.6 Å². The highest BCUT2D eigenvalue weighted by molar-refractivity contribution is 5.91. The van der Waals surface area contributed by atoms with Crippen LogP contribution in [0.5, 0.6) is 0 Å². The van der Waals surface area contributed by atoms with Crippen molar-refractivity contribution in [3.05, 3.63) is 11.6 Å². The maximum Gasteiger partial charge on any atom is 0.317 e. The van der Waals surface area contributed by atoms with E-state index in [0.29, 0.717) is 0 Å². The van der Waals surface area contributed by atoms with E-state index in [1.165, 1.54) is 14.0 Å². The Morgan fingerprint density at radius 2 is 1.74 bits per heavy atom. The standard InChI is InChI=1S/C13H20O6/c1-9(7-18-11(3)14)5-10(2)8-19-13(16)6-12(15)17-4/h5,10H,6-8H2,1-4H3/b9-5+. The molecule has 108 valence electrons. The van der Waals surface area contributed by atoms with Gasteiger partial charge in [0.1, 0.15) is 13.0 Å². The number of carbonyl (C=O) groups excluding carboxylic acids is 3. The maximum absolute atomic E-state index is 11.2. The summed E-state index contributed by atoms with van der Waals surface area (Å²) in [4.78, 5) is 32.6. The topological polar surface area (TPSA) is 78.9 Å². The van der Waals surface area contributed by atoms with Crippen molar-refractivity contribution in [3.63, 3.8) is 0 Å². The molecule has 1 unspecified atom stereocenters. The Labute approximate surface area is 112 Å². The average molecular weight is 272 g/mol. The third-order valence-corrected chi connectivity index (χ3v) is 2.10. The third-order valence-electron chi connectivity index (χ3n) is 2.10. The second kappa shape index (κ2) is 9.13. The predicted octanol–water partition coefficient (Wildman–Crippen LogP) is 1.24. The van der Waals surface area contributed by atoms with Crippen LogP contribution in [0.25, 0.3) is 0 Å². The highest BCUT2D eigenvalue weighted by Gasteiger charge is 2.11. The van der Waals surface area contributed by atoms with Crippen LogP contribution >= 0.6 is 0 Å². The van der Waals surface area contributed by atoms with Crippen LogP contribution in [0.1, 0.15) is 27.2 Å². The van der Waals surface area contributed by atoms with Gasteiger partial charge in [-0.2, -0.15) is 0 Å². The Morgan fingerprint density at radius 3 is 2.26 bits per heavy atom. The van der Waals surface area contributed by atoms with Gasteiger partial charge in [0, 0.05) is 12.8 Å². The van der Waals surface area contributed by atoms with Gasteiger partial charge in [-0.25, -0.2) is 0 Å². The van der Waals surface area contributed by atoms with Crippen molar-refractivity contribution in [2.24, 2.45) is 5.92 Å². The van der Waals surface area contributed by atoms with Crippen LogP contribution in [0, 0.1) is 5.92 Å². The SMILES string of the molecule is COC(=O)CC(=O)OCC(C)/C=C(\C)COC(C)=O. The van der Waals surface area contributed by atoms with Gasteiger partial charge in [0.25, 0.3) is 0 Å². The van der Waals surface area contributed by atoms with E-state index in [9.17, 15) is 14.4 Å². The Bertz CT molecular complexity index is 358. The van der Waals surface area contributed by atoms with E-state index in [2.05, 4.69) is 4.74 Å². The zero-order valence-corrected chi connectivity index (χ0v) is 11.7. The highest BCUT2D eigenvalue weighted by atomic mass is 16.5. The Hall–Kier alpha value is -1.85. The summed E-state index contributed by atoms with van der Waals surface area (Å²) in [6, 6.07) is 0. The number of carbonyl (C=O) groups is 3. The van der Waals surface area contributed by atoms with Gasteiger partial charge in [-0.3, -0.25) is 14.4 Å². The van der Waals surface area contributed by atoms with Crippen molar-refractivity contribution in [1.82, 2.24) is 0 Å². The smallest absolute Gasteiger partial charge is 0.317 e. The minimum absolute atomic E-state index is 0.0304. The van der Waals surface area contributed by atoms with Crippen molar-refractivity contribution in [2.75, 3.05) is 20.3 Å². The number of esters is 3. The lowest BCUT2D eigenvalue weighted by atomic mass is 10.1. The molecule has 0 saturated heterocycles. The summed E-state index contributed by atoms with van der Waals surface area (Å²) in [5.41, 5.74) is 0.867. The number of rotatable bonds is 7. The van der Waals surface area contributed by atoms with Crippen LogP contribution in [0.15, 0.2) is 11.6 Å². The van der Waals surface area contributed by atoms with Gasteiger partial charge in [-0.1, -0.05) is 13.0 Å². The molecular weight excluding hydrogens is 252 g/mol. The molecule has 0 aromatic heterocycles. The molecule has 1 atom stereocenters. The molecule has 19 heavy (non-hydrogen) atoms. The van der Waals surface area contributed by atoms with E-state index < -0.39 is 11.9 Å². The van der Waals surface area contributed by atoms with Gasteiger partial charge < -0.3 is 14.2 Å². The van der Waals surface area contributed by atoms with E-state index in [1.807, 2.05) is 19.9 Å². The first-order chi connectivity index (χ1) is 8.85. The van der Waals surface area contributed by atoms with Gasteiger partial charge >= 0.3 is 17.9 Å². The van der Waals surface area contributed by atoms with Crippen LogP contribution in [0.3, 0.4) is 0 Å². The second-order valence-electron chi connectivity index (χ2n) is 4.21. The fourth-order valence-electron chi connectivity index (χ4n) is 1.26. The molecule has 0 spiro atoms. The molecule has 0 fully saturated rings. The molecule has 0 rings (SSSR count). The van der Waals surface area contributed by atoms with Crippen molar-refractivity contribution >= 4 is 17.9 Å². The van der Waals surface area contributed by atoms with Gasteiger partial charge in [0.15, 0.2) is 0 Å². The fourth-order valence-corrected chi connectivity index (χ4v) is 1.26. The van der Waals surface area contributed by atoms with Crippen molar-refractivity contribution in [3.8, 4) is 0 Å². The molecule has 0 aliphatic heterocycles. The molecule has 0 amide bonds. The molecule has 0 heterocycles. The first-order valence-electron chi connectivity index (χ1n) is 5.88. The molecule has 0 bridgehead atoms. The number of hydrogen-bond donors (Lipinski definition) is 0. The lowest BCUT2D eigenvalue weighted by Crippen LogP contribution is -2.15. The van der Waals surface area contributed by atoms with Gasteiger partial charge in [-0.05, 0) is 12.5 Å². The van der Waals surface area contributed by atoms with Crippen LogP contribution in [-0.4, -0.2) is 38.2 Å². The Kier molecular flexibility index (Phi) is 8.24. The lowest BCUT2D eigenvalue weighted by molar-refractivity contribution is -0.153. The quantitative estimate of drug-likeness (QED) is 0.300. The zero-order chi connectivity index (χ0) is 14.8. The van der Waals surface area contributed by atoms with E-state index in [4.69, 9.17) is 9.47 Å². The van der Waals surface area contributed by atoms with E-state index in [-0.39, 0.29) is 31.5 Å². The maximum atomic E-state index is 11.2. The summed E-state index contributed by atoms with van der Waals surface area (Å²) in [6.45, 7) is 5.38. The van der Waals surface area contributed by atoms with Gasteiger partial charge in [-0.15, -0.1) is 0 Å². The molecule has 0 N–H and O–H groups in total. The summed E-state index contributed by atoms with van der Waals surface area (Å²) in [7, 11) is 1.21. The van der Waals surface area contributed by atoms with Gasteiger partial charge in [0.05, 0.1) is 13.7 Å². The summed E-state index contributed by atoms with van der Waals surface area (Å²) >= 11 is 0. The van der Waals surface area contributed by atoms with E-state index in [1.54, 1.807) is 0 Å². The molecule has 0 radical (unpaired) electrons. The summed E-state index contributed by atoms with van der Waals surface area (Å²) in [5, 5.41) is 0. The summed E-state index contributed by atoms with van der Waals surface area (Å²) < 4.78 is 14.1. The monoisotopic (exact) mass is 272 g/mol. The summed E-state index contributed by atoms with van der Waals surface area (Å²) in [5.74, 6) is -1.62. The molecule has 6 heteroatoms. The number of methoxy groups -OCH3 is 1. The van der Waals surface area contributed by atoms with E-state index >= 15 is 0 Å². The number of ether oxygens (including phenoxy) is 3. The fraction of sp³-hybridized carbons (Fsp3) is 0.615. The molecule has 6 nitrogen and oxygen atoms in total. The third kappa shape index (κ3) is 9.82. The zero-order valence-electron chi connectivity index (χ0n) is 11.7. The van der Waals surface area contributed by atoms with Crippen LogP contribution in [0.2, 0.25) is 0 Å². The predicted molar refractivity (Wildman–Crippen MR) is 67.1 cm³/mol. The van der Waals surface area contributed by atoms with Crippen LogP contribution in [-0.2, 0) is 28.6 Å². The lowest BCUT2D eigenvalue weighted by Gasteiger charge is -2.09. The van der Waals surface area contributed by atoms with Crippen LogP contribution < -0.4 is 0 Å². The van der Waals surface area contributed by atoms with Crippen molar-refractivity contribution in [2.45, 2.75) is 27.2 Å². The van der Waals surface area contributed by atoms with Crippen LogP contribution in [0.4, 0.5) is 0 Å². The largest absolute Gasteiger partial charge is 0.469 e. The minimum atomic E-state index is -0.626. The van der Waals surface area contributed by atoms with Gasteiger partial charge in [0.2, 0.25) is 0 Å².